The molecule has 1 unspecified atom stereocenters. The van der Waals surface area contributed by atoms with E-state index in [4.69, 9.17) is 0 Å². The maximum atomic E-state index is 13.2. The number of ketones is 1. The molecule has 2 aromatic rings. The number of rotatable bonds is 5. The van der Waals surface area contributed by atoms with Gasteiger partial charge in [0.2, 0.25) is 0 Å². The third-order valence-corrected chi connectivity index (χ3v) is 6.44. The van der Waals surface area contributed by atoms with Crippen molar-refractivity contribution in [3.63, 3.8) is 0 Å². The Bertz CT molecular complexity index is 1250. The van der Waals surface area contributed by atoms with Crippen molar-refractivity contribution in [1.29, 1.82) is 0 Å². The number of carbonyl (C=O) groups excluding carboxylic acids is 1. The predicted molar refractivity (Wildman–Crippen MR) is 121 cm³/mol. The van der Waals surface area contributed by atoms with Gasteiger partial charge in [0.15, 0.2) is 16.7 Å². The molecule has 32 heavy (non-hydrogen) atoms. The first-order valence-corrected chi connectivity index (χ1v) is 11.0. The fourth-order valence-corrected chi connectivity index (χ4v) is 4.90. The molecule has 2 heterocycles. The van der Waals surface area contributed by atoms with Gasteiger partial charge in [0.05, 0.1) is 10.5 Å². The number of H-pyrrole nitrogens is 1. The van der Waals surface area contributed by atoms with E-state index in [1.54, 1.807) is 6.08 Å². The Morgan fingerprint density at radius 2 is 2.12 bits per heavy atom. The number of nitrogens with zero attached hydrogens (tertiary/aromatic N) is 2. The lowest BCUT2D eigenvalue weighted by Crippen LogP contribution is -2.37. The second kappa shape index (κ2) is 7.94. The smallest absolute Gasteiger partial charge is 0.310 e. The zero-order chi connectivity index (χ0) is 23.2. The number of fused-ring (bicyclic) bond motifs is 1. The molecule has 1 aromatic carbocycles. The number of benzene rings is 1. The number of hydrogen-bond acceptors (Lipinski definition) is 8. The highest BCUT2D eigenvalue weighted by molar-refractivity contribution is 7.99. The van der Waals surface area contributed by atoms with Crippen molar-refractivity contribution in [3.8, 4) is 5.75 Å². The van der Waals surface area contributed by atoms with Crippen LogP contribution in [0.1, 0.15) is 43.7 Å². The van der Waals surface area contributed by atoms with Crippen molar-refractivity contribution in [1.82, 2.24) is 9.97 Å². The Morgan fingerprint density at radius 1 is 1.38 bits per heavy atom. The van der Waals surface area contributed by atoms with Crippen LogP contribution in [0, 0.1) is 15.5 Å². The molecule has 0 saturated heterocycles. The largest absolute Gasteiger partial charge is 0.502 e. The van der Waals surface area contributed by atoms with Gasteiger partial charge >= 0.3 is 5.69 Å². The van der Waals surface area contributed by atoms with Crippen LogP contribution in [0.2, 0.25) is 0 Å². The maximum absolute atomic E-state index is 13.2. The number of thioether (sulfide) groups is 1. The Labute approximate surface area is 187 Å². The molecular weight excluding hydrogens is 432 g/mol. The highest BCUT2D eigenvalue weighted by atomic mass is 32.2. The second-order valence-corrected chi connectivity index (χ2v) is 9.64. The van der Waals surface area contributed by atoms with Crippen LogP contribution in [0.3, 0.4) is 0 Å². The summed E-state index contributed by atoms with van der Waals surface area (Å²) in [5.74, 6) is -0.570. The average molecular weight is 455 g/mol. The molecule has 1 aliphatic carbocycles. The molecule has 10 heteroatoms. The number of anilines is 1. The van der Waals surface area contributed by atoms with Crippen LogP contribution in [0.5, 0.6) is 5.75 Å². The van der Waals surface area contributed by atoms with Crippen LogP contribution in [-0.2, 0) is 4.79 Å². The molecule has 0 spiro atoms. The number of allylic oxidation sites excluding steroid dienone is 2. The first-order valence-electron chi connectivity index (χ1n) is 10.00. The number of phenolic OH excluding ortho intramolecular Hbond substituents is 1. The number of nitro benzene ring substituents is 1. The standard InChI is InChI=1S/C22H22N4O5S/c1-4-7-32-21-24-19-18(20(29)25-21)16(11-5-6-14(27)13(8-11)26(30)31)17-12(23-19)9-22(2,3)10-15(17)28/h4-6,8,16,27H,1,7,9-10H2,2-3H3,(H2,23,24,25,29). The van der Waals surface area contributed by atoms with Crippen molar-refractivity contribution in [2.24, 2.45) is 5.41 Å². The number of Topliss-reactive ketones (excluding diaryl/α,β-unsaturated/α-hetero) is 1. The lowest BCUT2D eigenvalue weighted by Gasteiger charge is -2.38. The van der Waals surface area contributed by atoms with E-state index in [0.717, 1.165) is 0 Å². The summed E-state index contributed by atoms with van der Waals surface area (Å²) in [7, 11) is 0. The molecular formula is C22H22N4O5S. The lowest BCUT2D eigenvalue weighted by atomic mass is 9.69. The monoisotopic (exact) mass is 454 g/mol. The van der Waals surface area contributed by atoms with E-state index in [0.29, 0.717) is 40.0 Å². The van der Waals surface area contributed by atoms with Crippen LogP contribution in [0.25, 0.3) is 0 Å². The summed E-state index contributed by atoms with van der Waals surface area (Å²) in [4.78, 5) is 44.3. The predicted octanol–water partition coefficient (Wildman–Crippen LogP) is 3.86. The first kappa shape index (κ1) is 21.8. The molecule has 3 N–H and O–H groups in total. The Kier molecular flexibility index (Phi) is 5.41. The minimum Gasteiger partial charge on any atom is -0.502 e. The van der Waals surface area contributed by atoms with E-state index < -0.39 is 27.8 Å². The lowest BCUT2D eigenvalue weighted by molar-refractivity contribution is -0.385. The summed E-state index contributed by atoms with van der Waals surface area (Å²) in [5, 5.41) is 24.9. The van der Waals surface area contributed by atoms with Crippen molar-refractivity contribution >= 4 is 29.1 Å². The van der Waals surface area contributed by atoms with Crippen molar-refractivity contribution < 1.29 is 14.8 Å². The highest BCUT2D eigenvalue weighted by Crippen LogP contribution is 2.48. The van der Waals surface area contributed by atoms with Gasteiger partial charge in [-0.25, -0.2) is 4.98 Å². The van der Waals surface area contributed by atoms with E-state index >= 15 is 0 Å². The van der Waals surface area contributed by atoms with Crippen LogP contribution >= 0.6 is 11.8 Å². The first-order chi connectivity index (χ1) is 15.1. The quantitative estimate of drug-likeness (QED) is 0.203. The summed E-state index contributed by atoms with van der Waals surface area (Å²) >= 11 is 1.31. The minimum absolute atomic E-state index is 0.125. The minimum atomic E-state index is -0.834. The van der Waals surface area contributed by atoms with Gasteiger partial charge in [0.1, 0.15) is 5.82 Å². The summed E-state index contributed by atoms with van der Waals surface area (Å²) in [6.45, 7) is 7.65. The molecule has 0 saturated carbocycles. The van der Waals surface area contributed by atoms with Gasteiger partial charge in [-0.1, -0.05) is 37.8 Å². The summed E-state index contributed by atoms with van der Waals surface area (Å²) in [6.07, 6.45) is 2.55. The zero-order valence-electron chi connectivity index (χ0n) is 17.6. The fraction of sp³-hybridized carbons (Fsp3) is 0.318. The Morgan fingerprint density at radius 3 is 2.81 bits per heavy atom. The highest BCUT2D eigenvalue weighted by Gasteiger charge is 2.42. The summed E-state index contributed by atoms with van der Waals surface area (Å²) in [5.41, 5.74) is 0.465. The van der Waals surface area contributed by atoms with Gasteiger partial charge in [0, 0.05) is 35.4 Å². The Hall–Kier alpha value is -3.40. The van der Waals surface area contributed by atoms with Crippen molar-refractivity contribution in [2.75, 3.05) is 11.1 Å². The third-order valence-electron chi connectivity index (χ3n) is 5.57. The number of nitrogens with one attached hydrogen (secondary N) is 2. The van der Waals surface area contributed by atoms with E-state index in [1.165, 1.54) is 30.0 Å². The topological polar surface area (TPSA) is 138 Å². The molecule has 1 aliphatic heterocycles. The van der Waals surface area contributed by atoms with E-state index in [9.17, 15) is 24.8 Å². The fourth-order valence-electron chi connectivity index (χ4n) is 4.30. The molecule has 4 rings (SSSR count). The number of hydrogen-bond donors (Lipinski definition) is 3. The van der Waals surface area contributed by atoms with Crippen molar-refractivity contribution in [3.05, 3.63) is 73.7 Å². The second-order valence-electron chi connectivity index (χ2n) is 8.63. The molecule has 0 amide bonds. The molecule has 0 bridgehead atoms. The molecule has 2 aliphatic rings. The molecule has 1 aromatic heterocycles. The zero-order valence-corrected chi connectivity index (χ0v) is 18.4. The maximum Gasteiger partial charge on any atom is 0.310 e. The molecule has 1 atom stereocenters. The Balaban J connectivity index is 1.96. The van der Waals surface area contributed by atoms with Gasteiger partial charge in [-0.05, 0) is 23.5 Å². The van der Waals surface area contributed by atoms with Crippen LogP contribution in [0.15, 0.2) is 52.1 Å². The average Bonchev–Trinajstić information content (AvgIpc) is 2.70. The van der Waals surface area contributed by atoms with E-state index in [-0.39, 0.29) is 23.2 Å². The van der Waals surface area contributed by atoms with Gasteiger partial charge in [-0.3, -0.25) is 19.7 Å². The van der Waals surface area contributed by atoms with Crippen molar-refractivity contribution in [2.45, 2.75) is 37.8 Å². The number of carbonyl (C=O) groups is 1. The van der Waals surface area contributed by atoms with E-state index in [2.05, 4.69) is 21.9 Å². The SMILES string of the molecule is C=CCSc1nc2c(c(=O)[nH]1)C(c1ccc(O)c([N+](=O)[O-])c1)C1=C(CC(C)(C)CC1=O)N2. The molecule has 9 nitrogen and oxygen atoms in total. The number of aromatic amines is 1. The van der Waals surface area contributed by atoms with Crippen LogP contribution in [-0.4, -0.2) is 31.5 Å². The summed E-state index contributed by atoms with van der Waals surface area (Å²) < 4.78 is 0. The normalized spacial score (nSPS) is 19.1. The molecule has 0 radical (unpaired) electrons. The molecule has 0 fully saturated rings. The van der Waals surface area contributed by atoms with E-state index in [1.807, 2.05) is 13.8 Å². The van der Waals surface area contributed by atoms with Gasteiger partial charge < -0.3 is 15.4 Å². The number of nitro groups is 1. The number of phenols is 1. The number of aromatic hydroxyl groups is 1. The third kappa shape index (κ3) is 3.81. The van der Waals surface area contributed by atoms with Crippen LogP contribution < -0.4 is 10.9 Å². The summed E-state index contributed by atoms with van der Waals surface area (Å²) in [6, 6.07) is 3.93. The van der Waals surface area contributed by atoms with Gasteiger partial charge in [0.25, 0.3) is 5.56 Å². The van der Waals surface area contributed by atoms with Gasteiger partial charge in [-0.15, -0.1) is 6.58 Å². The van der Waals surface area contributed by atoms with Crippen LogP contribution in [0.4, 0.5) is 11.5 Å². The molecule has 166 valence electrons. The van der Waals surface area contributed by atoms with Gasteiger partial charge in [-0.2, -0.15) is 0 Å². The number of aromatic nitrogens is 2.